The number of carbonyl (C=O) groups excluding carboxylic acids is 2. The van der Waals surface area contributed by atoms with Crippen LogP contribution in [0.3, 0.4) is 0 Å². The number of hydrogen-bond acceptors (Lipinski definition) is 4. The van der Waals surface area contributed by atoms with Gasteiger partial charge in [0.2, 0.25) is 5.91 Å². The average Bonchev–Trinajstić information content (AvgIpc) is 2.65. The van der Waals surface area contributed by atoms with Crippen molar-refractivity contribution in [3.05, 3.63) is 15.8 Å². The van der Waals surface area contributed by atoms with Gasteiger partial charge in [-0.05, 0) is 13.0 Å². The number of nitrogens with zero attached hydrogens (tertiary/aromatic N) is 1. The van der Waals surface area contributed by atoms with Crippen molar-refractivity contribution in [2.45, 2.75) is 13.1 Å². The molecule has 0 saturated heterocycles. The van der Waals surface area contributed by atoms with Crippen molar-refractivity contribution < 1.29 is 22.8 Å². The minimum absolute atomic E-state index is 0.339. The van der Waals surface area contributed by atoms with Gasteiger partial charge in [0.25, 0.3) is 5.91 Å². The summed E-state index contributed by atoms with van der Waals surface area (Å²) in [5.41, 5.74) is 6.08. The molecule has 1 heterocycles. The Balaban J connectivity index is 2.56. The van der Waals surface area contributed by atoms with Crippen LogP contribution in [0.4, 0.5) is 18.9 Å². The molecular formula is C11H14F3N3O2S. The molecule has 1 rings (SSSR count). The molecule has 112 valence electrons. The standard InChI is InChI=1S/C11H14F3N3O2S/c1-6-7(15)3-8(20-6)10(19)17(2)4-9(18)16-5-11(12,13)14/h3H,4-5,15H2,1-2H3,(H,16,18). The second-order valence-corrected chi connectivity index (χ2v) is 5.43. The number of rotatable bonds is 4. The topological polar surface area (TPSA) is 75.4 Å². The fourth-order valence-corrected chi connectivity index (χ4v) is 2.27. The van der Waals surface area contributed by atoms with Crippen LogP contribution >= 0.6 is 11.3 Å². The SMILES string of the molecule is Cc1sc(C(=O)N(C)CC(=O)NCC(F)(F)F)cc1N. The van der Waals surface area contributed by atoms with Crippen molar-refractivity contribution in [3.8, 4) is 0 Å². The van der Waals surface area contributed by atoms with E-state index in [1.807, 2.05) is 0 Å². The molecule has 0 fully saturated rings. The molecule has 1 aromatic heterocycles. The summed E-state index contributed by atoms with van der Waals surface area (Å²) in [4.78, 5) is 25.4. The second-order valence-electron chi connectivity index (χ2n) is 4.18. The maximum absolute atomic E-state index is 11.9. The Hall–Kier alpha value is -1.77. The molecular weight excluding hydrogens is 295 g/mol. The number of thiophene rings is 1. The summed E-state index contributed by atoms with van der Waals surface area (Å²) >= 11 is 1.17. The van der Waals surface area contributed by atoms with Gasteiger partial charge in [0, 0.05) is 17.6 Å². The van der Waals surface area contributed by atoms with Gasteiger partial charge in [-0.15, -0.1) is 11.3 Å². The largest absolute Gasteiger partial charge is 0.405 e. The van der Waals surface area contributed by atoms with E-state index < -0.39 is 31.1 Å². The van der Waals surface area contributed by atoms with E-state index in [0.717, 1.165) is 9.78 Å². The maximum Gasteiger partial charge on any atom is 0.405 e. The van der Waals surface area contributed by atoms with Crippen molar-refractivity contribution in [1.82, 2.24) is 10.2 Å². The zero-order chi connectivity index (χ0) is 15.5. The molecule has 0 radical (unpaired) electrons. The summed E-state index contributed by atoms with van der Waals surface area (Å²) in [6.45, 7) is -0.127. The summed E-state index contributed by atoms with van der Waals surface area (Å²) in [5, 5.41) is 1.70. The van der Waals surface area contributed by atoms with E-state index in [1.54, 1.807) is 12.2 Å². The third kappa shape index (κ3) is 4.72. The first-order valence-corrected chi connectivity index (χ1v) is 6.36. The van der Waals surface area contributed by atoms with Gasteiger partial charge < -0.3 is 16.0 Å². The number of nitrogens with two attached hydrogens (primary N) is 1. The normalized spacial score (nSPS) is 11.2. The average molecular weight is 309 g/mol. The van der Waals surface area contributed by atoms with Crippen LogP contribution in [0.25, 0.3) is 0 Å². The van der Waals surface area contributed by atoms with Gasteiger partial charge >= 0.3 is 6.18 Å². The number of hydrogen-bond donors (Lipinski definition) is 2. The Morgan fingerprint density at radius 1 is 1.45 bits per heavy atom. The van der Waals surface area contributed by atoms with Crippen molar-refractivity contribution >= 4 is 28.8 Å². The summed E-state index contributed by atoms with van der Waals surface area (Å²) in [6.07, 6.45) is -4.47. The fourth-order valence-electron chi connectivity index (χ4n) is 1.33. The van der Waals surface area contributed by atoms with Gasteiger partial charge in [0.15, 0.2) is 0 Å². The summed E-state index contributed by atoms with van der Waals surface area (Å²) in [6, 6.07) is 1.48. The van der Waals surface area contributed by atoms with Gasteiger partial charge in [0.05, 0.1) is 11.4 Å². The molecule has 0 aromatic carbocycles. The molecule has 3 N–H and O–H groups in total. The number of aryl methyl sites for hydroxylation is 1. The van der Waals surface area contributed by atoms with Crippen molar-refractivity contribution in [3.63, 3.8) is 0 Å². The summed E-state index contributed by atoms with van der Waals surface area (Å²) in [5.74, 6) is -1.34. The molecule has 20 heavy (non-hydrogen) atoms. The lowest BCUT2D eigenvalue weighted by atomic mass is 10.3. The lowest BCUT2D eigenvalue weighted by Gasteiger charge is -2.16. The minimum Gasteiger partial charge on any atom is -0.398 e. The highest BCUT2D eigenvalue weighted by molar-refractivity contribution is 7.14. The minimum atomic E-state index is -4.47. The molecule has 0 spiro atoms. The molecule has 0 aliphatic heterocycles. The van der Waals surface area contributed by atoms with E-state index in [2.05, 4.69) is 0 Å². The molecule has 1 aromatic rings. The quantitative estimate of drug-likeness (QED) is 0.882. The highest BCUT2D eigenvalue weighted by Gasteiger charge is 2.28. The zero-order valence-corrected chi connectivity index (χ0v) is 11.7. The van der Waals surface area contributed by atoms with E-state index in [1.165, 1.54) is 24.5 Å². The summed E-state index contributed by atoms with van der Waals surface area (Å²) in [7, 11) is 1.33. The Morgan fingerprint density at radius 3 is 2.50 bits per heavy atom. The van der Waals surface area contributed by atoms with Crippen LogP contribution in [0.2, 0.25) is 0 Å². The monoisotopic (exact) mass is 309 g/mol. The number of halogens is 3. The third-order valence-electron chi connectivity index (χ3n) is 2.38. The predicted molar refractivity (Wildman–Crippen MR) is 69.5 cm³/mol. The fraction of sp³-hybridized carbons (Fsp3) is 0.455. The number of anilines is 1. The number of amides is 2. The van der Waals surface area contributed by atoms with Crippen LogP contribution in [0.5, 0.6) is 0 Å². The number of nitrogen functional groups attached to an aromatic ring is 1. The van der Waals surface area contributed by atoms with Crippen LogP contribution in [0.1, 0.15) is 14.5 Å². The van der Waals surface area contributed by atoms with Gasteiger partial charge in [-0.25, -0.2) is 0 Å². The molecule has 0 saturated carbocycles. The van der Waals surface area contributed by atoms with Gasteiger partial charge in [-0.1, -0.05) is 0 Å². The highest BCUT2D eigenvalue weighted by atomic mass is 32.1. The first-order valence-electron chi connectivity index (χ1n) is 5.55. The summed E-state index contributed by atoms with van der Waals surface area (Å²) < 4.78 is 35.7. The number of likely N-dealkylation sites (N-methyl/N-ethyl adjacent to an activating group) is 1. The van der Waals surface area contributed by atoms with E-state index in [9.17, 15) is 22.8 Å². The molecule has 0 aliphatic rings. The van der Waals surface area contributed by atoms with Crippen LogP contribution in [-0.4, -0.2) is 43.0 Å². The Kier molecular flexibility index (Phi) is 4.98. The smallest absolute Gasteiger partial charge is 0.398 e. The predicted octanol–water partition coefficient (Wildman–Crippen LogP) is 1.39. The molecule has 0 bridgehead atoms. The maximum atomic E-state index is 11.9. The first kappa shape index (κ1) is 16.3. The molecule has 0 aliphatic carbocycles. The zero-order valence-electron chi connectivity index (χ0n) is 10.9. The molecule has 2 amide bonds. The highest BCUT2D eigenvalue weighted by Crippen LogP contribution is 2.24. The van der Waals surface area contributed by atoms with Gasteiger partial charge in [0.1, 0.15) is 6.54 Å². The van der Waals surface area contributed by atoms with Crippen molar-refractivity contribution in [2.75, 3.05) is 25.9 Å². The number of alkyl halides is 3. The molecule has 0 unspecified atom stereocenters. The number of carbonyl (C=O) groups is 2. The number of nitrogens with one attached hydrogen (secondary N) is 1. The molecule has 0 atom stereocenters. The Morgan fingerprint density at radius 2 is 2.05 bits per heavy atom. The first-order chi connectivity index (χ1) is 9.10. The van der Waals surface area contributed by atoms with E-state index in [-0.39, 0.29) is 0 Å². The molecule has 9 heteroatoms. The van der Waals surface area contributed by atoms with Crippen molar-refractivity contribution in [2.24, 2.45) is 0 Å². The van der Waals surface area contributed by atoms with Gasteiger partial charge in [-0.2, -0.15) is 13.2 Å². The van der Waals surface area contributed by atoms with Crippen LogP contribution in [0, 0.1) is 6.92 Å². The Bertz CT molecular complexity index is 494. The van der Waals surface area contributed by atoms with Crippen LogP contribution in [-0.2, 0) is 4.79 Å². The van der Waals surface area contributed by atoms with E-state index in [4.69, 9.17) is 5.73 Å². The third-order valence-corrected chi connectivity index (χ3v) is 3.43. The van der Waals surface area contributed by atoms with E-state index >= 15 is 0 Å². The Labute approximate surface area is 117 Å². The van der Waals surface area contributed by atoms with Crippen LogP contribution in [0.15, 0.2) is 6.07 Å². The lowest BCUT2D eigenvalue weighted by molar-refractivity contribution is -0.138. The van der Waals surface area contributed by atoms with Gasteiger partial charge in [-0.3, -0.25) is 9.59 Å². The van der Waals surface area contributed by atoms with Crippen molar-refractivity contribution in [1.29, 1.82) is 0 Å². The van der Waals surface area contributed by atoms with E-state index in [0.29, 0.717) is 10.6 Å². The molecule has 5 nitrogen and oxygen atoms in total. The second kappa shape index (κ2) is 6.12. The van der Waals surface area contributed by atoms with Crippen LogP contribution < -0.4 is 11.1 Å². The lowest BCUT2D eigenvalue weighted by Crippen LogP contribution is -2.41.